The molecule has 2 aromatic rings. The molecule has 0 fully saturated rings. The molecule has 1 N–H and O–H groups in total. The van der Waals surface area contributed by atoms with E-state index in [1.54, 1.807) is 0 Å². The first-order chi connectivity index (χ1) is 9.13. The first-order valence-corrected chi connectivity index (χ1v) is 6.76. The lowest BCUT2D eigenvalue weighted by atomic mass is 10.2. The fourth-order valence-corrected chi connectivity index (χ4v) is 1.90. The van der Waals surface area contributed by atoms with Gasteiger partial charge in [-0.3, -0.25) is 0 Å². The molecule has 19 heavy (non-hydrogen) atoms. The van der Waals surface area contributed by atoms with Crippen LogP contribution in [-0.2, 0) is 6.54 Å². The number of rotatable bonds is 5. The highest BCUT2D eigenvalue weighted by Gasteiger charge is 2.00. The zero-order valence-electron chi connectivity index (χ0n) is 11.2. The van der Waals surface area contributed by atoms with Crippen LogP contribution in [0.5, 0.6) is 5.75 Å². The summed E-state index contributed by atoms with van der Waals surface area (Å²) in [5.74, 6) is 0.908. The summed E-state index contributed by atoms with van der Waals surface area (Å²) in [5, 5.41) is 4.10. The van der Waals surface area contributed by atoms with Gasteiger partial charge in [0, 0.05) is 17.3 Å². The lowest BCUT2D eigenvalue weighted by molar-refractivity contribution is 0.242. The number of anilines is 1. The summed E-state index contributed by atoms with van der Waals surface area (Å²) in [6, 6.07) is 15.8. The number of benzene rings is 2. The van der Waals surface area contributed by atoms with Crippen molar-refractivity contribution in [3.63, 3.8) is 0 Å². The van der Waals surface area contributed by atoms with Gasteiger partial charge < -0.3 is 10.1 Å². The highest BCUT2D eigenvalue weighted by molar-refractivity contribution is 6.30. The average molecular weight is 276 g/mol. The molecule has 0 aromatic heterocycles. The molecule has 0 aliphatic rings. The second-order valence-electron chi connectivity index (χ2n) is 4.67. The monoisotopic (exact) mass is 275 g/mol. The summed E-state index contributed by atoms with van der Waals surface area (Å²) in [5.41, 5.74) is 2.24. The van der Waals surface area contributed by atoms with Gasteiger partial charge in [0.05, 0.1) is 6.10 Å². The number of nitrogens with one attached hydrogen (secondary N) is 1. The molecular weight excluding hydrogens is 258 g/mol. The summed E-state index contributed by atoms with van der Waals surface area (Å²) < 4.78 is 5.68. The van der Waals surface area contributed by atoms with Gasteiger partial charge in [-0.05, 0) is 55.8 Å². The Balaban J connectivity index is 1.97. The van der Waals surface area contributed by atoms with Crippen LogP contribution in [0.2, 0.25) is 5.02 Å². The SMILES string of the molecule is CC(C)Oc1cccc(CNc2ccc(Cl)cc2)c1. The van der Waals surface area contributed by atoms with Gasteiger partial charge >= 0.3 is 0 Å². The van der Waals surface area contributed by atoms with E-state index in [-0.39, 0.29) is 6.10 Å². The van der Waals surface area contributed by atoms with Crippen molar-refractivity contribution in [1.29, 1.82) is 0 Å². The van der Waals surface area contributed by atoms with E-state index in [0.29, 0.717) is 0 Å². The molecule has 2 aromatic carbocycles. The Kier molecular flexibility index (Phi) is 4.69. The number of hydrogen-bond donors (Lipinski definition) is 1. The normalized spacial score (nSPS) is 10.5. The summed E-state index contributed by atoms with van der Waals surface area (Å²) in [6.07, 6.45) is 0.194. The average Bonchev–Trinajstić information content (AvgIpc) is 2.38. The maximum absolute atomic E-state index is 5.85. The third kappa shape index (κ3) is 4.49. The molecule has 0 unspecified atom stereocenters. The Hall–Kier alpha value is -1.67. The topological polar surface area (TPSA) is 21.3 Å². The highest BCUT2D eigenvalue weighted by atomic mass is 35.5. The summed E-state index contributed by atoms with van der Waals surface area (Å²) in [6.45, 7) is 4.81. The van der Waals surface area contributed by atoms with Gasteiger partial charge in [-0.25, -0.2) is 0 Å². The van der Waals surface area contributed by atoms with E-state index in [1.807, 2.05) is 50.2 Å². The zero-order chi connectivity index (χ0) is 13.7. The maximum Gasteiger partial charge on any atom is 0.120 e. The molecule has 0 heterocycles. The van der Waals surface area contributed by atoms with Gasteiger partial charge in [-0.15, -0.1) is 0 Å². The van der Waals surface area contributed by atoms with Gasteiger partial charge in [0.15, 0.2) is 0 Å². The number of ether oxygens (including phenoxy) is 1. The predicted molar refractivity (Wildman–Crippen MR) is 81.0 cm³/mol. The molecule has 3 heteroatoms. The van der Waals surface area contributed by atoms with E-state index < -0.39 is 0 Å². The second kappa shape index (κ2) is 6.48. The molecule has 0 radical (unpaired) electrons. The highest BCUT2D eigenvalue weighted by Crippen LogP contribution is 2.17. The Bertz CT molecular complexity index is 523. The Labute approximate surface area is 119 Å². The van der Waals surface area contributed by atoms with Crippen LogP contribution < -0.4 is 10.1 Å². The fraction of sp³-hybridized carbons (Fsp3) is 0.250. The van der Waals surface area contributed by atoms with E-state index in [1.165, 1.54) is 5.56 Å². The maximum atomic E-state index is 5.85. The smallest absolute Gasteiger partial charge is 0.120 e. The summed E-state index contributed by atoms with van der Waals surface area (Å²) in [4.78, 5) is 0. The minimum atomic E-state index is 0.194. The van der Waals surface area contributed by atoms with Crippen molar-refractivity contribution in [1.82, 2.24) is 0 Å². The summed E-state index contributed by atoms with van der Waals surface area (Å²) in [7, 11) is 0. The zero-order valence-corrected chi connectivity index (χ0v) is 11.9. The first-order valence-electron chi connectivity index (χ1n) is 6.38. The third-order valence-corrected chi connectivity index (χ3v) is 2.86. The van der Waals surface area contributed by atoms with Crippen LogP contribution in [0.3, 0.4) is 0 Å². The van der Waals surface area contributed by atoms with E-state index in [9.17, 15) is 0 Å². The molecular formula is C16H18ClNO. The van der Waals surface area contributed by atoms with Gasteiger partial charge in [-0.1, -0.05) is 23.7 Å². The number of hydrogen-bond acceptors (Lipinski definition) is 2. The molecule has 0 amide bonds. The molecule has 0 bridgehead atoms. The molecule has 0 atom stereocenters. The molecule has 0 spiro atoms. The van der Waals surface area contributed by atoms with E-state index in [2.05, 4.69) is 17.4 Å². The minimum absolute atomic E-state index is 0.194. The molecule has 2 rings (SSSR count). The molecule has 0 saturated carbocycles. The molecule has 0 aliphatic carbocycles. The Morgan fingerprint density at radius 3 is 2.53 bits per heavy atom. The minimum Gasteiger partial charge on any atom is -0.491 e. The van der Waals surface area contributed by atoms with Gasteiger partial charge in [-0.2, -0.15) is 0 Å². The Morgan fingerprint density at radius 2 is 1.84 bits per heavy atom. The van der Waals surface area contributed by atoms with E-state index >= 15 is 0 Å². The standard InChI is InChI=1S/C16H18ClNO/c1-12(2)19-16-5-3-4-13(10-16)11-18-15-8-6-14(17)7-9-15/h3-10,12,18H,11H2,1-2H3. The van der Waals surface area contributed by atoms with Crippen molar-refractivity contribution in [2.75, 3.05) is 5.32 Å². The van der Waals surface area contributed by atoms with Gasteiger partial charge in [0.2, 0.25) is 0 Å². The van der Waals surface area contributed by atoms with Crippen LogP contribution >= 0.6 is 11.6 Å². The van der Waals surface area contributed by atoms with Crippen molar-refractivity contribution >= 4 is 17.3 Å². The summed E-state index contributed by atoms with van der Waals surface area (Å²) >= 11 is 5.85. The predicted octanol–water partition coefficient (Wildman–Crippen LogP) is 4.74. The van der Waals surface area contributed by atoms with Crippen molar-refractivity contribution in [3.8, 4) is 5.75 Å². The lowest BCUT2D eigenvalue weighted by Gasteiger charge is -2.11. The largest absolute Gasteiger partial charge is 0.491 e. The van der Waals surface area contributed by atoms with Crippen molar-refractivity contribution < 1.29 is 4.74 Å². The second-order valence-corrected chi connectivity index (χ2v) is 5.11. The van der Waals surface area contributed by atoms with Crippen molar-refractivity contribution in [2.45, 2.75) is 26.5 Å². The molecule has 2 nitrogen and oxygen atoms in total. The fourth-order valence-electron chi connectivity index (χ4n) is 1.77. The van der Waals surface area contributed by atoms with Crippen LogP contribution in [0.4, 0.5) is 5.69 Å². The quantitative estimate of drug-likeness (QED) is 0.851. The van der Waals surface area contributed by atoms with Crippen molar-refractivity contribution in [2.24, 2.45) is 0 Å². The Morgan fingerprint density at radius 1 is 1.11 bits per heavy atom. The molecule has 0 aliphatic heterocycles. The van der Waals surface area contributed by atoms with Crippen LogP contribution in [0.15, 0.2) is 48.5 Å². The third-order valence-electron chi connectivity index (χ3n) is 2.61. The van der Waals surface area contributed by atoms with Crippen LogP contribution in [0.25, 0.3) is 0 Å². The lowest BCUT2D eigenvalue weighted by Crippen LogP contribution is -2.06. The van der Waals surface area contributed by atoms with Crippen LogP contribution in [-0.4, -0.2) is 6.10 Å². The molecule has 0 saturated heterocycles. The van der Waals surface area contributed by atoms with E-state index in [4.69, 9.17) is 16.3 Å². The van der Waals surface area contributed by atoms with Crippen LogP contribution in [0.1, 0.15) is 19.4 Å². The van der Waals surface area contributed by atoms with E-state index in [0.717, 1.165) is 23.0 Å². The van der Waals surface area contributed by atoms with Crippen LogP contribution in [0, 0.1) is 0 Å². The number of halogens is 1. The van der Waals surface area contributed by atoms with Gasteiger partial charge in [0.25, 0.3) is 0 Å². The molecule has 100 valence electrons. The van der Waals surface area contributed by atoms with Crippen molar-refractivity contribution in [3.05, 3.63) is 59.1 Å². The first kappa shape index (κ1) is 13.8. The van der Waals surface area contributed by atoms with Gasteiger partial charge in [0.1, 0.15) is 5.75 Å².